The van der Waals surface area contributed by atoms with Gasteiger partial charge in [-0.15, -0.1) is 11.8 Å². The van der Waals surface area contributed by atoms with Crippen LogP contribution in [0.3, 0.4) is 0 Å². The molecule has 0 heterocycles. The van der Waals surface area contributed by atoms with Gasteiger partial charge >= 0.3 is 0 Å². The third-order valence-corrected chi connectivity index (χ3v) is 4.69. The number of amides is 1. The molecule has 0 radical (unpaired) electrons. The van der Waals surface area contributed by atoms with E-state index in [1.54, 1.807) is 14.2 Å². The standard InChI is InChI=1S/C15H22ClNO3S/c1-5-12(15(19-3)20-4)17-14(18)10(2)21-13-9-7-6-8-11(13)16/h6-10,12,15H,5H2,1-4H3,(H,17,18)/t10-,12-/m0/s1. The summed E-state index contributed by atoms with van der Waals surface area (Å²) in [5.41, 5.74) is 0. The zero-order valence-electron chi connectivity index (χ0n) is 12.8. The monoisotopic (exact) mass is 331 g/mol. The molecule has 1 rings (SSSR count). The highest BCUT2D eigenvalue weighted by Crippen LogP contribution is 2.30. The van der Waals surface area contributed by atoms with E-state index in [-0.39, 0.29) is 17.2 Å². The molecule has 0 bridgehead atoms. The number of rotatable bonds is 8. The Labute approximate surface area is 135 Å². The smallest absolute Gasteiger partial charge is 0.233 e. The van der Waals surface area contributed by atoms with Gasteiger partial charge in [0.2, 0.25) is 5.91 Å². The minimum Gasteiger partial charge on any atom is -0.354 e. The highest BCUT2D eigenvalue weighted by Gasteiger charge is 2.24. The van der Waals surface area contributed by atoms with Crippen LogP contribution in [0.2, 0.25) is 5.02 Å². The molecule has 0 aliphatic heterocycles. The van der Waals surface area contributed by atoms with Gasteiger partial charge in [-0.25, -0.2) is 0 Å². The number of hydrogen-bond acceptors (Lipinski definition) is 4. The van der Waals surface area contributed by atoms with Crippen LogP contribution in [0.1, 0.15) is 20.3 Å². The number of carbonyl (C=O) groups excluding carboxylic acids is 1. The first-order valence-corrected chi connectivity index (χ1v) is 8.06. The maximum absolute atomic E-state index is 12.3. The lowest BCUT2D eigenvalue weighted by atomic mass is 10.2. The summed E-state index contributed by atoms with van der Waals surface area (Å²) in [5.74, 6) is -0.0640. The summed E-state index contributed by atoms with van der Waals surface area (Å²) in [6, 6.07) is 7.31. The average molecular weight is 332 g/mol. The van der Waals surface area contributed by atoms with Crippen molar-refractivity contribution in [2.75, 3.05) is 14.2 Å². The summed E-state index contributed by atoms with van der Waals surface area (Å²) in [6.45, 7) is 3.83. The van der Waals surface area contributed by atoms with Crippen molar-refractivity contribution in [2.24, 2.45) is 0 Å². The maximum Gasteiger partial charge on any atom is 0.233 e. The van der Waals surface area contributed by atoms with Crippen molar-refractivity contribution < 1.29 is 14.3 Å². The Morgan fingerprint density at radius 2 is 1.95 bits per heavy atom. The van der Waals surface area contributed by atoms with Gasteiger partial charge in [-0.05, 0) is 25.5 Å². The summed E-state index contributed by atoms with van der Waals surface area (Å²) in [7, 11) is 3.12. The summed E-state index contributed by atoms with van der Waals surface area (Å²) in [4.78, 5) is 13.2. The van der Waals surface area contributed by atoms with Gasteiger partial charge in [0.05, 0.1) is 16.3 Å². The fourth-order valence-electron chi connectivity index (χ4n) is 1.87. The number of nitrogens with one attached hydrogen (secondary N) is 1. The lowest BCUT2D eigenvalue weighted by Gasteiger charge is -2.26. The largest absolute Gasteiger partial charge is 0.354 e. The van der Waals surface area contributed by atoms with Crippen LogP contribution < -0.4 is 5.32 Å². The predicted octanol–water partition coefficient (Wildman–Crippen LogP) is 3.33. The molecular weight excluding hydrogens is 310 g/mol. The highest BCUT2D eigenvalue weighted by atomic mass is 35.5. The number of benzene rings is 1. The first kappa shape index (κ1) is 18.3. The molecule has 1 amide bonds. The van der Waals surface area contributed by atoms with Crippen LogP contribution in [-0.4, -0.2) is 37.7 Å². The number of thioether (sulfide) groups is 1. The first-order chi connectivity index (χ1) is 10.0. The summed E-state index contributed by atoms with van der Waals surface area (Å²) < 4.78 is 10.4. The second kappa shape index (κ2) is 9.30. The van der Waals surface area contributed by atoms with Crippen molar-refractivity contribution >= 4 is 29.3 Å². The van der Waals surface area contributed by atoms with Crippen molar-refractivity contribution in [3.05, 3.63) is 29.3 Å². The Bertz CT molecular complexity index is 454. The van der Waals surface area contributed by atoms with E-state index in [9.17, 15) is 4.79 Å². The molecule has 0 aromatic heterocycles. The van der Waals surface area contributed by atoms with E-state index in [0.29, 0.717) is 5.02 Å². The van der Waals surface area contributed by atoms with Crippen molar-refractivity contribution in [1.29, 1.82) is 0 Å². The lowest BCUT2D eigenvalue weighted by molar-refractivity contribution is -0.137. The third kappa shape index (κ3) is 5.51. The van der Waals surface area contributed by atoms with Crippen LogP contribution in [0.15, 0.2) is 29.2 Å². The summed E-state index contributed by atoms with van der Waals surface area (Å²) >= 11 is 7.54. The highest BCUT2D eigenvalue weighted by molar-refractivity contribution is 8.00. The molecule has 0 fully saturated rings. The third-order valence-electron chi connectivity index (χ3n) is 3.07. The van der Waals surface area contributed by atoms with E-state index in [0.717, 1.165) is 11.3 Å². The maximum atomic E-state index is 12.3. The number of halogens is 1. The van der Waals surface area contributed by atoms with Crippen molar-refractivity contribution in [3.63, 3.8) is 0 Å². The molecule has 1 aromatic rings. The molecule has 0 unspecified atom stereocenters. The molecule has 0 aliphatic carbocycles. The second-order valence-electron chi connectivity index (χ2n) is 4.55. The molecule has 0 saturated carbocycles. The van der Waals surface area contributed by atoms with Gasteiger partial charge in [-0.2, -0.15) is 0 Å². The number of hydrogen-bond donors (Lipinski definition) is 1. The molecular formula is C15H22ClNO3S. The fraction of sp³-hybridized carbons (Fsp3) is 0.533. The van der Waals surface area contributed by atoms with Crippen molar-refractivity contribution in [3.8, 4) is 0 Å². The minimum absolute atomic E-state index is 0.0640. The number of ether oxygens (including phenoxy) is 2. The van der Waals surface area contributed by atoms with E-state index in [1.165, 1.54) is 11.8 Å². The molecule has 6 heteroatoms. The topological polar surface area (TPSA) is 47.6 Å². The van der Waals surface area contributed by atoms with Crippen molar-refractivity contribution in [1.82, 2.24) is 5.32 Å². The summed E-state index contributed by atoms with van der Waals surface area (Å²) in [5, 5.41) is 3.35. The Morgan fingerprint density at radius 3 is 2.48 bits per heavy atom. The van der Waals surface area contributed by atoms with Crippen LogP contribution in [0.25, 0.3) is 0 Å². The first-order valence-electron chi connectivity index (χ1n) is 6.80. The van der Waals surface area contributed by atoms with E-state index >= 15 is 0 Å². The minimum atomic E-state index is -0.448. The van der Waals surface area contributed by atoms with Crippen LogP contribution in [0.4, 0.5) is 0 Å². The molecule has 21 heavy (non-hydrogen) atoms. The molecule has 0 saturated heterocycles. The Hall–Kier alpha value is -0.750. The lowest BCUT2D eigenvalue weighted by Crippen LogP contribution is -2.47. The quantitative estimate of drug-likeness (QED) is 0.586. The van der Waals surface area contributed by atoms with E-state index in [4.69, 9.17) is 21.1 Å². The predicted molar refractivity (Wildman–Crippen MR) is 86.8 cm³/mol. The molecule has 0 aliphatic rings. The van der Waals surface area contributed by atoms with E-state index < -0.39 is 6.29 Å². The zero-order valence-corrected chi connectivity index (χ0v) is 14.3. The van der Waals surface area contributed by atoms with Gasteiger partial charge in [0.1, 0.15) is 0 Å². The molecule has 2 atom stereocenters. The number of methoxy groups -OCH3 is 2. The number of carbonyl (C=O) groups is 1. The summed E-state index contributed by atoms with van der Waals surface area (Å²) in [6.07, 6.45) is 0.276. The molecule has 4 nitrogen and oxygen atoms in total. The normalized spacial score (nSPS) is 14.0. The van der Waals surface area contributed by atoms with Gasteiger partial charge in [0.15, 0.2) is 6.29 Å². The van der Waals surface area contributed by atoms with Gasteiger partial charge in [0.25, 0.3) is 0 Å². The van der Waals surface area contributed by atoms with E-state index in [1.807, 2.05) is 38.1 Å². The molecule has 1 aromatic carbocycles. The van der Waals surface area contributed by atoms with Gasteiger partial charge in [-0.3, -0.25) is 4.79 Å². The Kier molecular flexibility index (Phi) is 8.11. The van der Waals surface area contributed by atoms with Gasteiger partial charge < -0.3 is 14.8 Å². The van der Waals surface area contributed by atoms with Crippen LogP contribution in [-0.2, 0) is 14.3 Å². The van der Waals surface area contributed by atoms with Gasteiger partial charge in [-0.1, -0.05) is 30.7 Å². The molecule has 118 valence electrons. The molecule has 1 N–H and O–H groups in total. The fourth-order valence-corrected chi connectivity index (χ4v) is 3.03. The second-order valence-corrected chi connectivity index (χ2v) is 6.34. The SMILES string of the molecule is CC[C@H](NC(=O)[C@H](C)Sc1ccccc1Cl)C(OC)OC. The Balaban J connectivity index is 2.63. The van der Waals surface area contributed by atoms with Crippen LogP contribution in [0.5, 0.6) is 0 Å². The van der Waals surface area contributed by atoms with Gasteiger partial charge in [0, 0.05) is 19.1 Å². The molecule has 0 spiro atoms. The van der Waals surface area contributed by atoms with Crippen LogP contribution in [0, 0.1) is 0 Å². The van der Waals surface area contributed by atoms with E-state index in [2.05, 4.69) is 5.32 Å². The van der Waals surface area contributed by atoms with Crippen LogP contribution >= 0.6 is 23.4 Å². The average Bonchev–Trinajstić information content (AvgIpc) is 2.49. The Morgan fingerprint density at radius 1 is 1.33 bits per heavy atom. The zero-order chi connectivity index (χ0) is 15.8. The van der Waals surface area contributed by atoms with Crippen molar-refractivity contribution in [2.45, 2.75) is 42.7 Å².